The number of rotatable bonds is 3. The Labute approximate surface area is 136 Å². The highest BCUT2D eigenvalue weighted by Gasteiger charge is 2.42. The number of hydrogen-bond donors (Lipinski definition) is 2. The lowest BCUT2D eigenvalue weighted by atomic mass is 9.73. The van der Waals surface area contributed by atoms with E-state index < -0.39 is 5.41 Å². The van der Waals surface area contributed by atoms with E-state index in [4.69, 9.17) is 10.5 Å². The summed E-state index contributed by atoms with van der Waals surface area (Å²) in [5.74, 6) is -0.231. The molecule has 1 saturated carbocycles. The van der Waals surface area contributed by atoms with Crippen LogP contribution in [0.25, 0.3) is 0 Å². The second-order valence-corrected chi connectivity index (χ2v) is 6.79. The zero-order valence-corrected chi connectivity index (χ0v) is 13.4. The molecule has 1 saturated heterocycles. The molecule has 1 aromatic rings. The van der Waals surface area contributed by atoms with E-state index in [1.807, 2.05) is 0 Å². The molecule has 2 aliphatic rings. The number of carbonyl (C=O) groups is 1. The average molecular weight is 320 g/mol. The fourth-order valence-electron chi connectivity index (χ4n) is 3.72. The van der Waals surface area contributed by atoms with Crippen molar-refractivity contribution in [1.82, 2.24) is 5.32 Å². The van der Waals surface area contributed by atoms with Gasteiger partial charge < -0.3 is 15.8 Å². The van der Waals surface area contributed by atoms with Gasteiger partial charge in [0.2, 0.25) is 5.91 Å². The molecule has 0 aromatic heterocycles. The van der Waals surface area contributed by atoms with Crippen molar-refractivity contribution in [1.29, 1.82) is 0 Å². The molecule has 5 heteroatoms. The summed E-state index contributed by atoms with van der Waals surface area (Å²) in [6.45, 7) is 1.11. The van der Waals surface area contributed by atoms with E-state index in [1.165, 1.54) is 12.1 Å². The van der Waals surface area contributed by atoms with Crippen LogP contribution >= 0.6 is 0 Å². The fraction of sp³-hybridized carbons (Fsp3) is 0.611. The van der Waals surface area contributed by atoms with E-state index in [0.717, 1.165) is 31.2 Å². The second-order valence-electron chi connectivity index (χ2n) is 6.79. The molecule has 1 aromatic carbocycles. The maximum absolute atomic E-state index is 13.3. The summed E-state index contributed by atoms with van der Waals surface area (Å²) >= 11 is 0. The van der Waals surface area contributed by atoms with Gasteiger partial charge in [-0.3, -0.25) is 4.79 Å². The lowest BCUT2D eigenvalue weighted by molar-refractivity contribution is -0.131. The van der Waals surface area contributed by atoms with Gasteiger partial charge in [-0.25, -0.2) is 4.39 Å². The molecular weight excluding hydrogens is 295 g/mol. The van der Waals surface area contributed by atoms with E-state index in [0.29, 0.717) is 26.1 Å². The first-order valence-electron chi connectivity index (χ1n) is 8.50. The number of nitrogens with two attached hydrogens (primary N) is 1. The van der Waals surface area contributed by atoms with Gasteiger partial charge in [0.25, 0.3) is 0 Å². The van der Waals surface area contributed by atoms with Crippen LogP contribution in [0.4, 0.5) is 4.39 Å². The first kappa shape index (κ1) is 16.4. The first-order valence-corrected chi connectivity index (χ1v) is 8.50. The largest absolute Gasteiger partial charge is 0.381 e. The molecule has 0 bridgehead atoms. The maximum atomic E-state index is 13.3. The molecule has 0 spiro atoms. The average Bonchev–Trinajstić information content (AvgIpc) is 2.58. The summed E-state index contributed by atoms with van der Waals surface area (Å²) in [4.78, 5) is 13.1. The molecule has 4 nitrogen and oxygen atoms in total. The Balaban J connectivity index is 1.78. The Hall–Kier alpha value is -1.46. The van der Waals surface area contributed by atoms with Crippen molar-refractivity contribution in [2.45, 2.75) is 56.0 Å². The van der Waals surface area contributed by atoms with Crippen LogP contribution in [0.3, 0.4) is 0 Å². The summed E-state index contributed by atoms with van der Waals surface area (Å²) < 4.78 is 18.7. The van der Waals surface area contributed by atoms with E-state index in [9.17, 15) is 9.18 Å². The van der Waals surface area contributed by atoms with Crippen molar-refractivity contribution < 1.29 is 13.9 Å². The summed E-state index contributed by atoms with van der Waals surface area (Å²) in [7, 11) is 0. The van der Waals surface area contributed by atoms with Crippen LogP contribution in [0.2, 0.25) is 0 Å². The predicted molar refractivity (Wildman–Crippen MR) is 86.5 cm³/mol. The van der Waals surface area contributed by atoms with Gasteiger partial charge in [-0.05, 0) is 56.2 Å². The summed E-state index contributed by atoms with van der Waals surface area (Å²) in [5, 5.41) is 3.22. The van der Waals surface area contributed by atoms with Crippen LogP contribution in [-0.2, 0) is 14.9 Å². The number of carbonyl (C=O) groups excluding carboxylic acids is 1. The maximum Gasteiger partial charge on any atom is 0.231 e. The minimum Gasteiger partial charge on any atom is -0.381 e. The molecule has 2 fully saturated rings. The number of benzene rings is 1. The molecule has 23 heavy (non-hydrogen) atoms. The molecular formula is C18H25FN2O2. The molecule has 1 aliphatic carbocycles. The molecule has 3 N–H and O–H groups in total. The Kier molecular flexibility index (Phi) is 4.97. The fourth-order valence-corrected chi connectivity index (χ4v) is 3.72. The van der Waals surface area contributed by atoms with E-state index in [2.05, 4.69) is 5.32 Å². The number of nitrogens with one attached hydrogen (secondary N) is 1. The zero-order valence-electron chi connectivity index (χ0n) is 13.4. The lowest BCUT2D eigenvalue weighted by Crippen LogP contribution is -2.52. The number of amides is 1. The molecule has 0 radical (unpaired) electrons. The van der Waals surface area contributed by atoms with Crippen LogP contribution < -0.4 is 11.1 Å². The molecule has 126 valence electrons. The quantitative estimate of drug-likeness (QED) is 0.898. The lowest BCUT2D eigenvalue weighted by Gasteiger charge is -2.38. The van der Waals surface area contributed by atoms with Crippen LogP contribution in [0.15, 0.2) is 24.3 Å². The molecule has 0 atom stereocenters. The number of halogens is 1. The van der Waals surface area contributed by atoms with Crippen molar-refractivity contribution in [3.8, 4) is 0 Å². The SMILES string of the molecule is NC1CCC(NC(=O)C2(c3ccc(F)cc3)CCOCC2)CC1. The van der Waals surface area contributed by atoms with Gasteiger partial charge in [0.1, 0.15) is 5.82 Å². The Morgan fingerprint density at radius 3 is 2.35 bits per heavy atom. The van der Waals surface area contributed by atoms with Crippen LogP contribution in [-0.4, -0.2) is 31.2 Å². The van der Waals surface area contributed by atoms with Crippen LogP contribution in [0.1, 0.15) is 44.1 Å². The molecule has 3 rings (SSSR count). The van der Waals surface area contributed by atoms with Gasteiger partial charge in [0, 0.05) is 25.3 Å². The molecule has 1 aliphatic heterocycles. The van der Waals surface area contributed by atoms with E-state index in [-0.39, 0.29) is 23.8 Å². The van der Waals surface area contributed by atoms with Gasteiger partial charge in [-0.1, -0.05) is 12.1 Å². The first-order chi connectivity index (χ1) is 11.1. The standard InChI is InChI=1S/C18H25FN2O2/c19-14-3-1-13(2-4-14)18(9-11-23-12-10-18)17(22)21-16-7-5-15(20)6-8-16/h1-4,15-16H,5-12,20H2,(H,21,22). The van der Waals surface area contributed by atoms with Gasteiger partial charge in [0.15, 0.2) is 0 Å². The highest BCUT2D eigenvalue weighted by Crippen LogP contribution is 2.36. The van der Waals surface area contributed by atoms with Crippen molar-refractivity contribution >= 4 is 5.91 Å². The minimum absolute atomic E-state index is 0.0490. The monoisotopic (exact) mass is 320 g/mol. The third-order valence-electron chi connectivity index (χ3n) is 5.28. The van der Waals surface area contributed by atoms with Gasteiger partial charge in [0.05, 0.1) is 5.41 Å². The van der Waals surface area contributed by atoms with Crippen LogP contribution in [0.5, 0.6) is 0 Å². The van der Waals surface area contributed by atoms with Crippen molar-refractivity contribution in [3.63, 3.8) is 0 Å². The molecule has 1 amide bonds. The van der Waals surface area contributed by atoms with Crippen molar-refractivity contribution in [2.75, 3.05) is 13.2 Å². The molecule has 1 heterocycles. The highest BCUT2D eigenvalue weighted by atomic mass is 19.1. The Morgan fingerprint density at radius 2 is 1.74 bits per heavy atom. The second kappa shape index (κ2) is 6.97. The van der Waals surface area contributed by atoms with Crippen molar-refractivity contribution in [2.24, 2.45) is 5.73 Å². The van der Waals surface area contributed by atoms with E-state index in [1.54, 1.807) is 12.1 Å². The Morgan fingerprint density at radius 1 is 1.13 bits per heavy atom. The van der Waals surface area contributed by atoms with Gasteiger partial charge >= 0.3 is 0 Å². The Bertz CT molecular complexity index is 532. The predicted octanol–water partition coefficient (Wildman–Crippen LogP) is 2.26. The minimum atomic E-state index is -0.606. The zero-order chi connectivity index (χ0) is 16.3. The molecule has 0 unspecified atom stereocenters. The van der Waals surface area contributed by atoms with Gasteiger partial charge in [-0.2, -0.15) is 0 Å². The highest BCUT2D eigenvalue weighted by molar-refractivity contribution is 5.88. The third kappa shape index (κ3) is 3.56. The summed E-state index contributed by atoms with van der Waals surface area (Å²) in [6.07, 6.45) is 5.05. The third-order valence-corrected chi connectivity index (χ3v) is 5.28. The number of hydrogen-bond acceptors (Lipinski definition) is 3. The van der Waals surface area contributed by atoms with Gasteiger partial charge in [-0.15, -0.1) is 0 Å². The topological polar surface area (TPSA) is 64.3 Å². The number of ether oxygens (including phenoxy) is 1. The van der Waals surface area contributed by atoms with Crippen LogP contribution in [0, 0.1) is 5.82 Å². The summed E-state index contributed by atoms with van der Waals surface area (Å²) in [6, 6.07) is 6.78. The summed E-state index contributed by atoms with van der Waals surface area (Å²) in [5.41, 5.74) is 6.21. The van der Waals surface area contributed by atoms with Crippen molar-refractivity contribution in [3.05, 3.63) is 35.6 Å². The smallest absolute Gasteiger partial charge is 0.231 e. The normalized spacial score (nSPS) is 27.4. The van der Waals surface area contributed by atoms with E-state index >= 15 is 0 Å².